The normalized spacial score (nSPS) is 16.8. The zero-order valence-corrected chi connectivity index (χ0v) is 14.4. The van der Waals surface area contributed by atoms with Crippen LogP contribution < -0.4 is 5.32 Å². The highest BCUT2D eigenvalue weighted by Crippen LogP contribution is 2.36. The van der Waals surface area contributed by atoms with E-state index in [0.29, 0.717) is 16.7 Å². The average molecular weight is 355 g/mol. The van der Waals surface area contributed by atoms with Gasteiger partial charge in [0.05, 0.1) is 16.5 Å². The summed E-state index contributed by atoms with van der Waals surface area (Å²) in [5.41, 5.74) is 2.94. The number of anilines is 1. The number of phenols is 1. The molecule has 1 aliphatic rings. The molecule has 25 heavy (non-hydrogen) atoms. The van der Waals surface area contributed by atoms with E-state index in [0.717, 1.165) is 24.0 Å². The lowest BCUT2D eigenvalue weighted by molar-refractivity contribution is 0.474. The van der Waals surface area contributed by atoms with Crippen LogP contribution in [-0.4, -0.2) is 29.7 Å². The van der Waals surface area contributed by atoms with Crippen LogP contribution >= 0.6 is 0 Å². The highest BCUT2D eigenvalue weighted by atomic mass is 32.2. The van der Waals surface area contributed by atoms with E-state index in [1.165, 1.54) is 12.6 Å². The third-order valence-electron chi connectivity index (χ3n) is 4.55. The van der Waals surface area contributed by atoms with Gasteiger partial charge in [-0.1, -0.05) is 6.07 Å². The molecule has 0 fully saturated rings. The van der Waals surface area contributed by atoms with Crippen LogP contribution in [0.3, 0.4) is 0 Å². The van der Waals surface area contributed by atoms with Gasteiger partial charge in [0.25, 0.3) is 0 Å². The molecule has 4 rings (SSSR count). The molecule has 1 aromatic heterocycles. The highest BCUT2D eigenvalue weighted by Gasteiger charge is 2.23. The maximum absolute atomic E-state index is 11.8. The minimum Gasteiger partial charge on any atom is -0.508 e. The molecule has 0 radical (unpaired) electrons. The van der Waals surface area contributed by atoms with Gasteiger partial charge >= 0.3 is 0 Å². The molecule has 3 aromatic rings. The minimum atomic E-state index is -3.30. The van der Waals surface area contributed by atoms with Gasteiger partial charge in [0.1, 0.15) is 17.9 Å². The van der Waals surface area contributed by atoms with Gasteiger partial charge in [-0.15, -0.1) is 0 Å². The Labute approximate surface area is 145 Å². The van der Waals surface area contributed by atoms with E-state index in [4.69, 9.17) is 0 Å². The van der Waals surface area contributed by atoms with Crippen LogP contribution in [0.5, 0.6) is 5.75 Å². The van der Waals surface area contributed by atoms with E-state index >= 15 is 0 Å². The van der Waals surface area contributed by atoms with Crippen molar-refractivity contribution >= 4 is 26.6 Å². The number of hydrogen-bond acceptors (Lipinski definition) is 6. The number of aromatic hydroxyl groups is 1. The maximum atomic E-state index is 11.8. The fourth-order valence-corrected chi connectivity index (χ4v) is 3.95. The summed E-state index contributed by atoms with van der Waals surface area (Å²) in [6, 6.07) is 10.3. The van der Waals surface area contributed by atoms with Crippen molar-refractivity contribution in [3.8, 4) is 5.75 Å². The molecule has 0 amide bonds. The Morgan fingerprint density at radius 2 is 2.00 bits per heavy atom. The molecule has 1 unspecified atom stereocenters. The number of sulfone groups is 1. The molecule has 1 atom stereocenters. The summed E-state index contributed by atoms with van der Waals surface area (Å²) >= 11 is 0. The summed E-state index contributed by atoms with van der Waals surface area (Å²) in [7, 11) is -3.30. The maximum Gasteiger partial charge on any atom is 0.175 e. The molecule has 6 nitrogen and oxygen atoms in total. The summed E-state index contributed by atoms with van der Waals surface area (Å²) in [5.74, 6) is 0.881. The van der Waals surface area contributed by atoms with Crippen molar-refractivity contribution in [3.63, 3.8) is 0 Å². The molecule has 0 saturated heterocycles. The number of hydrogen-bond donors (Lipinski definition) is 2. The molecule has 0 saturated carbocycles. The van der Waals surface area contributed by atoms with E-state index in [-0.39, 0.29) is 16.7 Å². The lowest BCUT2D eigenvalue weighted by atomic mass is 10.1. The first kappa shape index (κ1) is 15.8. The van der Waals surface area contributed by atoms with Crippen molar-refractivity contribution in [2.45, 2.75) is 23.8 Å². The minimum absolute atomic E-state index is 0.0654. The summed E-state index contributed by atoms with van der Waals surface area (Å²) in [6.45, 7) is 0. The number of rotatable bonds is 3. The Kier molecular flexibility index (Phi) is 3.61. The topological polar surface area (TPSA) is 92.2 Å². The van der Waals surface area contributed by atoms with Crippen molar-refractivity contribution in [2.24, 2.45) is 0 Å². The van der Waals surface area contributed by atoms with Gasteiger partial charge in [0, 0.05) is 11.6 Å². The number of aryl methyl sites for hydroxylation is 1. The standard InChI is InChI=1S/C18H17N3O3S/c1-25(23,24)13-4-7-16-15(9-13)18(20-10-19-16)21-17-6-2-11-8-12(22)3-5-14(11)17/h3-5,7-10,17,22H,2,6H2,1H3,(H,19,20,21). The Hall–Kier alpha value is -2.67. The first-order chi connectivity index (χ1) is 11.9. The molecular formula is C18H17N3O3S. The Morgan fingerprint density at radius 3 is 2.80 bits per heavy atom. The number of nitrogens with one attached hydrogen (secondary N) is 1. The van der Waals surface area contributed by atoms with Gasteiger partial charge in [-0.2, -0.15) is 0 Å². The average Bonchev–Trinajstić information content (AvgIpc) is 2.96. The summed E-state index contributed by atoms with van der Waals surface area (Å²) in [4.78, 5) is 8.78. The number of aromatic nitrogens is 2. The zero-order chi connectivity index (χ0) is 17.6. The number of fused-ring (bicyclic) bond motifs is 2. The number of phenolic OH excluding ortho intramolecular Hbond substituents is 1. The predicted molar refractivity (Wildman–Crippen MR) is 95.4 cm³/mol. The molecule has 0 spiro atoms. The molecule has 7 heteroatoms. The van der Waals surface area contributed by atoms with E-state index in [1.807, 2.05) is 6.07 Å². The SMILES string of the molecule is CS(=O)(=O)c1ccc2ncnc(NC3CCc4cc(O)ccc43)c2c1. The van der Waals surface area contributed by atoms with Crippen LogP contribution in [0, 0.1) is 0 Å². The van der Waals surface area contributed by atoms with Crippen molar-refractivity contribution in [1.29, 1.82) is 0 Å². The number of benzene rings is 2. The van der Waals surface area contributed by atoms with Gasteiger partial charge in [-0.3, -0.25) is 0 Å². The van der Waals surface area contributed by atoms with Crippen LogP contribution in [0.1, 0.15) is 23.6 Å². The molecule has 2 N–H and O–H groups in total. The molecule has 1 aliphatic carbocycles. The second kappa shape index (κ2) is 5.70. The van der Waals surface area contributed by atoms with Gasteiger partial charge in [-0.05, 0) is 54.3 Å². The van der Waals surface area contributed by atoms with E-state index in [1.54, 1.807) is 30.3 Å². The molecule has 2 aromatic carbocycles. The monoisotopic (exact) mass is 355 g/mol. The van der Waals surface area contributed by atoms with Gasteiger partial charge in [0.2, 0.25) is 0 Å². The lowest BCUT2D eigenvalue weighted by Gasteiger charge is -2.16. The smallest absolute Gasteiger partial charge is 0.175 e. The third kappa shape index (κ3) is 2.91. The number of nitrogens with zero attached hydrogens (tertiary/aromatic N) is 2. The zero-order valence-electron chi connectivity index (χ0n) is 13.6. The molecule has 128 valence electrons. The second-order valence-electron chi connectivity index (χ2n) is 6.29. The van der Waals surface area contributed by atoms with Crippen molar-refractivity contribution in [3.05, 3.63) is 53.9 Å². The van der Waals surface area contributed by atoms with Crippen LogP contribution in [0.15, 0.2) is 47.6 Å². The fourth-order valence-electron chi connectivity index (χ4n) is 3.30. The van der Waals surface area contributed by atoms with Crippen LogP contribution in [0.2, 0.25) is 0 Å². The van der Waals surface area contributed by atoms with E-state index in [2.05, 4.69) is 15.3 Å². The Bertz CT molecular complexity index is 1080. The Morgan fingerprint density at radius 1 is 1.16 bits per heavy atom. The third-order valence-corrected chi connectivity index (χ3v) is 5.66. The van der Waals surface area contributed by atoms with E-state index < -0.39 is 9.84 Å². The van der Waals surface area contributed by atoms with Gasteiger partial charge in [0.15, 0.2) is 9.84 Å². The summed E-state index contributed by atoms with van der Waals surface area (Å²) in [5, 5.41) is 13.7. The lowest BCUT2D eigenvalue weighted by Crippen LogP contribution is -2.09. The molecule has 0 bridgehead atoms. The molecule has 1 heterocycles. The first-order valence-electron chi connectivity index (χ1n) is 7.95. The van der Waals surface area contributed by atoms with Gasteiger partial charge < -0.3 is 10.4 Å². The second-order valence-corrected chi connectivity index (χ2v) is 8.31. The fraction of sp³-hybridized carbons (Fsp3) is 0.222. The van der Waals surface area contributed by atoms with E-state index in [9.17, 15) is 13.5 Å². The van der Waals surface area contributed by atoms with Crippen molar-refractivity contribution in [2.75, 3.05) is 11.6 Å². The van der Waals surface area contributed by atoms with Crippen LogP contribution in [0.4, 0.5) is 5.82 Å². The largest absolute Gasteiger partial charge is 0.508 e. The first-order valence-corrected chi connectivity index (χ1v) is 9.84. The summed E-state index contributed by atoms with van der Waals surface area (Å²) < 4.78 is 23.7. The summed E-state index contributed by atoms with van der Waals surface area (Å²) in [6.07, 6.45) is 4.41. The molecular weight excluding hydrogens is 338 g/mol. The highest BCUT2D eigenvalue weighted by molar-refractivity contribution is 7.90. The Balaban J connectivity index is 1.76. The molecule has 0 aliphatic heterocycles. The van der Waals surface area contributed by atoms with Gasteiger partial charge in [-0.25, -0.2) is 18.4 Å². The van der Waals surface area contributed by atoms with Crippen molar-refractivity contribution < 1.29 is 13.5 Å². The van der Waals surface area contributed by atoms with Crippen LogP contribution in [0.25, 0.3) is 10.9 Å². The van der Waals surface area contributed by atoms with Crippen LogP contribution in [-0.2, 0) is 16.3 Å². The van der Waals surface area contributed by atoms with Crippen molar-refractivity contribution in [1.82, 2.24) is 9.97 Å². The predicted octanol–water partition coefficient (Wildman–Crippen LogP) is 2.84. The quantitative estimate of drug-likeness (QED) is 0.750.